The minimum atomic E-state index is 0.510. The molecule has 0 N–H and O–H groups in total. The Kier molecular flexibility index (Phi) is 3.82. The van der Waals surface area contributed by atoms with Crippen molar-refractivity contribution in [1.82, 2.24) is 4.98 Å². The van der Waals surface area contributed by atoms with Crippen LogP contribution in [-0.2, 0) is 5.88 Å². The molecule has 0 bridgehead atoms. The van der Waals surface area contributed by atoms with Gasteiger partial charge in [-0.2, -0.15) is 0 Å². The third-order valence-corrected chi connectivity index (χ3v) is 2.84. The fourth-order valence-corrected chi connectivity index (χ4v) is 2.01. The van der Waals surface area contributed by atoms with E-state index in [-0.39, 0.29) is 0 Å². The molecule has 0 aliphatic carbocycles. The van der Waals surface area contributed by atoms with Crippen molar-refractivity contribution in [1.29, 1.82) is 0 Å². The summed E-state index contributed by atoms with van der Waals surface area (Å²) in [6.07, 6.45) is 1.15. The summed E-state index contributed by atoms with van der Waals surface area (Å²) >= 11 is 7.30. The van der Waals surface area contributed by atoms with Crippen LogP contribution in [0.1, 0.15) is 19.0 Å². The summed E-state index contributed by atoms with van der Waals surface area (Å²) < 4.78 is 0. The second-order valence-electron chi connectivity index (χ2n) is 2.68. The van der Waals surface area contributed by atoms with E-state index in [9.17, 15) is 0 Å². The molecule has 0 aliphatic rings. The maximum atomic E-state index is 5.65. The lowest BCUT2D eigenvalue weighted by molar-refractivity contribution is 0.846. The smallest absolute Gasteiger partial charge is 0.185 e. The number of hydrogen-bond donors (Lipinski definition) is 0. The number of nitrogens with zero attached hydrogens (tertiary/aromatic N) is 2. The van der Waals surface area contributed by atoms with Gasteiger partial charge in [0, 0.05) is 19.0 Å². The molecule has 0 fully saturated rings. The summed E-state index contributed by atoms with van der Waals surface area (Å²) in [6, 6.07) is 0. The summed E-state index contributed by atoms with van der Waals surface area (Å²) in [5.41, 5.74) is 0.972. The topological polar surface area (TPSA) is 16.1 Å². The number of alkyl halides is 1. The van der Waals surface area contributed by atoms with E-state index in [1.807, 2.05) is 5.38 Å². The molecule has 0 saturated heterocycles. The molecule has 0 aliphatic heterocycles. The highest BCUT2D eigenvalue weighted by molar-refractivity contribution is 7.13. The van der Waals surface area contributed by atoms with Crippen LogP contribution >= 0.6 is 22.9 Å². The monoisotopic (exact) mass is 204 g/mol. The number of rotatable bonds is 4. The second-order valence-corrected chi connectivity index (χ2v) is 3.78. The summed E-state index contributed by atoms with van der Waals surface area (Å²) in [6.45, 7) is 3.21. The van der Waals surface area contributed by atoms with Gasteiger partial charge in [-0.15, -0.1) is 22.9 Å². The summed E-state index contributed by atoms with van der Waals surface area (Å²) in [5, 5.41) is 3.07. The first-order chi connectivity index (χ1) is 5.77. The Balaban J connectivity index is 2.61. The van der Waals surface area contributed by atoms with Crippen LogP contribution in [0.25, 0.3) is 0 Å². The maximum Gasteiger partial charge on any atom is 0.185 e. The van der Waals surface area contributed by atoms with Crippen molar-refractivity contribution in [2.75, 3.05) is 18.5 Å². The van der Waals surface area contributed by atoms with Crippen molar-refractivity contribution in [2.45, 2.75) is 19.2 Å². The third kappa shape index (κ3) is 2.35. The zero-order valence-electron chi connectivity index (χ0n) is 7.38. The Morgan fingerprint density at radius 2 is 2.42 bits per heavy atom. The molecule has 1 aromatic heterocycles. The van der Waals surface area contributed by atoms with E-state index in [2.05, 4.69) is 23.9 Å². The van der Waals surface area contributed by atoms with Gasteiger partial charge in [-0.05, 0) is 6.42 Å². The second kappa shape index (κ2) is 4.67. The number of anilines is 1. The normalized spacial score (nSPS) is 10.2. The van der Waals surface area contributed by atoms with Gasteiger partial charge in [-0.1, -0.05) is 6.92 Å². The molecule has 68 valence electrons. The zero-order valence-corrected chi connectivity index (χ0v) is 8.95. The molecule has 1 heterocycles. The first-order valence-electron chi connectivity index (χ1n) is 3.99. The molecule has 0 unspecified atom stereocenters. The van der Waals surface area contributed by atoms with E-state index in [1.54, 1.807) is 11.3 Å². The Hall–Kier alpha value is -0.280. The van der Waals surface area contributed by atoms with Gasteiger partial charge in [0.2, 0.25) is 0 Å². The van der Waals surface area contributed by atoms with Crippen LogP contribution in [0.5, 0.6) is 0 Å². The van der Waals surface area contributed by atoms with Crippen molar-refractivity contribution in [3.05, 3.63) is 11.1 Å². The van der Waals surface area contributed by atoms with Gasteiger partial charge in [0.25, 0.3) is 0 Å². The lowest BCUT2D eigenvalue weighted by atomic mass is 10.5. The molecule has 0 atom stereocenters. The maximum absolute atomic E-state index is 5.65. The minimum Gasteiger partial charge on any atom is -0.351 e. The van der Waals surface area contributed by atoms with E-state index in [4.69, 9.17) is 11.6 Å². The highest BCUT2D eigenvalue weighted by atomic mass is 35.5. The van der Waals surface area contributed by atoms with Crippen LogP contribution in [0.4, 0.5) is 5.13 Å². The molecule has 4 heteroatoms. The average Bonchev–Trinajstić information content (AvgIpc) is 2.52. The van der Waals surface area contributed by atoms with Crippen LogP contribution < -0.4 is 4.90 Å². The van der Waals surface area contributed by atoms with E-state index in [1.165, 1.54) is 0 Å². The molecule has 0 spiro atoms. The predicted octanol–water partition coefficient (Wildman–Crippen LogP) is 2.73. The van der Waals surface area contributed by atoms with E-state index >= 15 is 0 Å². The van der Waals surface area contributed by atoms with Crippen LogP contribution in [0.2, 0.25) is 0 Å². The van der Waals surface area contributed by atoms with Crippen molar-refractivity contribution in [2.24, 2.45) is 0 Å². The first kappa shape index (κ1) is 9.81. The highest BCUT2D eigenvalue weighted by Crippen LogP contribution is 2.20. The van der Waals surface area contributed by atoms with Crippen molar-refractivity contribution < 1.29 is 0 Å². The molecule has 1 rings (SSSR count). The molecule has 0 amide bonds. The van der Waals surface area contributed by atoms with Gasteiger partial charge in [0.15, 0.2) is 5.13 Å². The quantitative estimate of drug-likeness (QED) is 0.702. The largest absolute Gasteiger partial charge is 0.351 e. The SMILES string of the molecule is CCCN(C)c1nc(CCl)cs1. The van der Waals surface area contributed by atoms with Crippen molar-refractivity contribution >= 4 is 28.1 Å². The molecule has 12 heavy (non-hydrogen) atoms. The van der Waals surface area contributed by atoms with Crippen LogP contribution in [-0.4, -0.2) is 18.6 Å². The summed E-state index contributed by atoms with van der Waals surface area (Å²) in [5.74, 6) is 0.510. The highest BCUT2D eigenvalue weighted by Gasteiger charge is 2.04. The third-order valence-electron chi connectivity index (χ3n) is 1.56. The van der Waals surface area contributed by atoms with E-state index in [0.29, 0.717) is 5.88 Å². The molecular formula is C8H13ClN2S. The number of halogens is 1. The van der Waals surface area contributed by atoms with Crippen molar-refractivity contribution in [3.8, 4) is 0 Å². The predicted molar refractivity (Wildman–Crippen MR) is 55.2 cm³/mol. The molecule has 1 aromatic rings. The number of hydrogen-bond acceptors (Lipinski definition) is 3. The lowest BCUT2D eigenvalue weighted by Crippen LogP contribution is -2.17. The van der Waals surface area contributed by atoms with Crippen molar-refractivity contribution in [3.63, 3.8) is 0 Å². The van der Waals surface area contributed by atoms with Gasteiger partial charge < -0.3 is 4.90 Å². The molecule has 0 aromatic carbocycles. The molecule has 0 saturated carbocycles. The molecule has 0 radical (unpaired) electrons. The Bertz CT molecular complexity index is 237. The van der Waals surface area contributed by atoms with Crippen LogP contribution in [0, 0.1) is 0 Å². The summed E-state index contributed by atoms with van der Waals surface area (Å²) in [7, 11) is 2.06. The van der Waals surface area contributed by atoms with Crippen LogP contribution in [0.3, 0.4) is 0 Å². The average molecular weight is 205 g/mol. The molecular weight excluding hydrogens is 192 g/mol. The van der Waals surface area contributed by atoms with Gasteiger partial charge in [-0.3, -0.25) is 0 Å². The Morgan fingerprint density at radius 3 is 2.92 bits per heavy atom. The minimum absolute atomic E-state index is 0.510. The van der Waals surface area contributed by atoms with Gasteiger partial charge >= 0.3 is 0 Å². The number of aromatic nitrogens is 1. The fourth-order valence-electron chi connectivity index (χ4n) is 0.964. The first-order valence-corrected chi connectivity index (χ1v) is 5.40. The Morgan fingerprint density at radius 1 is 1.67 bits per heavy atom. The van der Waals surface area contributed by atoms with Gasteiger partial charge in [-0.25, -0.2) is 4.98 Å². The van der Waals surface area contributed by atoms with E-state index < -0.39 is 0 Å². The summed E-state index contributed by atoms with van der Waals surface area (Å²) in [4.78, 5) is 6.51. The molecule has 2 nitrogen and oxygen atoms in total. The number of thiazole rings is 1. The Labute approximate surface area is 82.2 Å². The standard InChI is InChI=1S/C8H13ClN2S/c1-3-4-11(2)8-10-7(5-9)6-12-8/h6H,3-5H2,1-2H3. The fraction of sp³-hybridized carbons (Fsp3) is 0.625. The lowest BCUT2D eigenvalue weighted by Gasteiger charge is -2.13. The van der Waals surface area contributed by atoms with Gasteiger partial charge in [0.1, 0.15) is 0 Å². The zero-order chi connectivity index (χ0) is 8.97. The van der Waals surface area contributed by atoms with Gasteiger partial charge in [0.05, 0.1) is 11.6 Å². The van der Waals surface area contributed by atoms with E-state index in [0.717, 1.165) is 23.8 Å². The van der Waals surface area contributed by atoms with Crippen LogP contribution in [0.15, 0.2) is 5.38 Å².